The maximum absolute atomic E-state index is 12.5. The molecule has 1 aliphatic rings. The maximum Gasteiger partial charge on any atom is 0.292 e. The summed E-state index contributed by atoms with van der Waals surface area (Å²) < 4.78 is 11.5. The number of methoxy groups -OCH3 is 1. The van der Waals surface area contributed by atoms with E-state index in [0.29, 0.717) is 11.5 Å². The van der Waals surface area contributed by atoms with Gasteiger partial charge in [0, 0.05) is 11.6 Å². The molecule has 0 radical (unpaired) electrons. The van der Waals surface area contributed by atoms with E-state index in [2.05, 4.69) is 5.32 Å². The fraction of sp³-hybridized carbons (Fsp3) is 0.381. The Morgan fingerprint density at radius 3 is 2.59 bits per heavy atom. The molecule has 1 amide bonds. The molecule has 1 unspecified atom stereocenters. The second-order valence-electron chi connectivity index (χ2n) is 7.16. The van der Waals surface area contributed by atoms with Gasteiger partial charge >= 0.3 is 0 Å². The van der Waals surface area contributed by atoms with Crippen molar-refractivity contribution in [3.63, 3.8) is 0 Å². The summed E-state index contributed by atoms with van der Waals surface area (Å²) in [5.41, 5.74) is 6.32. The lowest BCUT2D eigenvalue weighted by Gasteiger charge is -2.19. The lowest BCUT2D eigenvalue weighted by molar-refractivity contribution is -0.383. The van der Waals surface area contributed by atoms with Gasteiger partial charge in [-0.3, -0.25) is 14.9 Å². The highest BCUT2D eigenvalue weighted by Crippen LogP contribution is 2.34. The predicted molar refractivity (Wildman–Crippen MR) is 109 cm³/mol. The molecule has 3 rings (SSSR count). The third kappa shape index (κ3) is 4.77. The van der Waals surface area contributed by atoms with Crippen molar-refractivity contribution in [2.75, 3.05) is 12.8 Å². The molecule has 1 atom stereocenters. The number of rotatable bonds is 7. The van der Waals surface area contributed by atoms with Crippen LogP contribution in [0.1, 0.15) is 54.6 Å². The summed E-state index contributed by atoms with van der Waals surface area (Å²) in [7, 11) is 1.58. The number of amides is 1. The minimum Gasteiger partial charge on any atom is -0.493 e. The van der Waals surface area contributed by atoms with E-state index in [1.165, 1.54) is 31.0 Å². The molecule has 3 N–H and O–H groups in total. The van der Waals surface area contributed by atoms with Crippen molar-refractivity contribution in [1.29, 1.82) is 0 Å². The van der Waals surface area contributed by atoms with E-state index in [-0.39, 0.29) is 29.1 Å². The second kappa shape index (κ2) is 8.81. The number of carbonyl (C=O) groups excluding carboxylic acids is 1. The van der Waals surface area contributed by atoms with Crippen LogP contribution in [-0.4, -0.2) is 24.0 Å². The monoisotopic (exact) mass is 399 g/mol. The van der Waals surface area contributed by atoms with Gasteiger partial charge in [-0.25, -0.2) is 0 Å². The van der Waals surface area contributed by atoms with Crippen LogP contribution < -0.4 is 20.5 Å². The SMILES string of the molecule is COc1cc(C(C)NC(=O)c2ccc(N)c([N+](=O)[O-])c2)ccc1OC1CCCC1. The number of benzene rings is 2. The fourth-order valence-corrected chi connectivity index (χ4v) is 3.44. The highest BCUT2D eigenvalue weighted by atomic mass is 16.6. The number of nitro benzene ring substituents is 1. The van der Waals surface area contributed by atoms with E-state index < -0.39 is 10.8 Å². The number of hydrogen-bond donors (Lipinski definition) is 2. The minimum atomic E-state index is -0.608. The number of anilines is 1. The molecule has 1 fully saturated rings. The van der Waals surface area contributed by atoms with E-state index in [1.807, 2.05) is 25.1 Å². The molecule has 0 heterocycles. The van der Waals surface area contributed by atoms with Crippen molar-refractivity contribution in [1.82, 2.24) is 5.32 Å². The Balaban J connectivity index is 1.72. The summed E-state index contributed by atoms with van der Waals surface area (Å²) in [5, 5.41) is 13.9. The van der Waals surface area contributed by atoms with Crippen LogP contribution in [0.5, 0.6) is 11.5 Å². The average molecular weight is 399 g/mol. The first kappa shape index (κ1) is 20.4. The van der Waals surface area contributed by atoms with E-state index in [0.717, 1.165) is 18.4 Å². The molecule has 154 valence electrons. The third-order valence-corrected chi connectivity index (χ3v) is 5.12. The summed E-state index contributed by atoms with van der Waals surface area (Å²) in [6.07, 6.45) is 4.67. The number of nitrogens with zero attached hydrogens (tertiary/aromatic N) is 1. The molecule has 2 aromatic carbocycles. The first-order valence-electron chi connectivity index (χ1n) is 9.58. The largest absolute Gasteiger partial charge is 0.493 e. The van der Waals surface area contributed by atoms with Gasteiger partial charge in [-0.2, -0.15) is 0 Å². The van der Waals surface area contributed by atoms with Gasteiger partial charge in [-0.1, -0.05) is 6.07 Å². The maximum atomic E-state index is 12.5. The Morgan fingerprint density at radius 1 is 1.21 bits per heavy atom. The minimum absolute atomic E-state index is 0.0159. The Morgan fingerprint density at radius 2 is 1.93 bits per heavy atom. The van der Waals surface area contributed by atoms with Gasteiger partial charge in [0.2, 0.25) is 0 Å². The zero-order valence-corrected chi connectivity index (χ0v) is 16.5. The second-order valence-corrected chi connectivity index (χ2v) is 7.16. The zero-order valence-electron chi connectivity index (χ0n) is 16.5. The number of carbonyl (C=O) groups is 1. The van der Waals surface area contributed by atoms with E-state index in [4.69, 9.17) is 15.2 Å². The van der Waals surface area contributed by atoms with Gasteiger partial charge in [0.15, 0.2) is 11.5 Å². The molecule has 0 aromatic heterocycles. The molecule has 0 bridgehead atoms. The highest BCUT2D eigenvalue weighted by Gasteiger charge is 2.20. The quantitative estimate of drug-likeness (QED) is 0.413. The van der Waals surface area contributed by atoms with Crippen LogP contribution in [0.15, 0.2) is 36.4 Å². The van der Waals surface area contributed by atoms with Crippen LogP contribution in [-0.2, 0) is 0 Å². The van der Waals surface area contributed by atoms with Crippen molar-refractivity contribution < 1.29 is 19.2 Å². The number of ether oxygens (including phenoxy) is 2. The first-order chi connectivity index (χ1) is 13.9. The van der Waals surface area contributed by atoms with Crippen molar-refractivity contribution in [2.45, 2.75) is 44.8 Å². The molecule has 1 saturated carbocycles. The number of nitrogens with two attached hydrogens (primary N) is 1. The highest BCUT2D eigenvalue weighted by molar-refractivity contribution is 5.95. The van der Waals surface area contributed by atoms with Gasteiger partial charge in [-0.15, -0.1) is 0 Å². The summed E-state index contributed by atoms with van der Waals surface area (Å²) in [6.45, 7) is 1.83. The Hall–Kier alpha value is -3.29. The number of nitro groups is 1. The van der Waals surface area contributed by atoms with Crippen LogP contribution in [0.25, 0.3) is 0 Å². The molecule has 8 heteroatoms. The smallest absolute Gasteiger partial charge is 0.292 e. The van der Waals surface area contributed by atoms with Crippen LogP contribution in [0.3, 0.4) is 0 Å². The molecule has 1 aliphatic carbocycles. The number of hydrogen-bond acceptors (Lipinski definition) is 6. The predicted octanol–water partition coefficient (Wildman–Crippen LogP) is 4.00. The molecule has 0 saturated heterocycles. The van der Waals surface area contributed by atoms with Gasteiger partial charge < -0.3 is 20.5 Å². The third-order valence-electron chi connectivity index (χ3n) is 5.12. The van der Waals surface area contributed by atoms with Gasteiger partial charge in [0.25, 0.3) is 11.6 Å². The summed E-state index contributed by atoms with van der Waals surface area (Å²) in [4.78, 5) is 23.0. The van der Waals surface area contributed by atoms with Crippen LogP contribution in [0.2, 0.25) is 0 Å². The van der Waals surface area contributed by atoms with Crippen molar-refractivity contribution in [3.05, 3.63) is 57.6 Å². The van der Waals surface area contributed by atoms with Crippen LogP contribution in [0, 0.1) is 10.1 Å². The summed E-state index contributed by atoms with van der Waals surface area (Å²) in [5.74, 6) is 0.875. The van der Waals surface area contributed by atoms with Gasteiger partial charge in [-0.05, 0) is 62.4 Å². The number of nitrogens with one attached hydrogen (secondary N) is 1. The van der Waals surface area contributed by atoms with Crippen molar-refractivity contribution >= 4 is 17.3 Å². The number of nitrogen functional groups attached to an aromatic ring is 1. The Kier molecular flexibility index (Phi) is 6.21. The van der Waals surface area contributed by atoms with E-state index in [1.54, 1.807) is 7.11 Å². The molecule has 0 aliphatic heterocycles. The standard InChI is InChI=1S/C21H25N3O5/c1-13(23-21(25)15-7-9-17(22)18(11-15)24(26)27)14-8-10-19(20(12-14)28-2)29-16-5-3-4-6-16/h7-13,16H,3-6,22H2,1-2H3,(H,23,25). The normalized spacial score (nSPS) is 15.0. The Labute approximate surface area is 169 Å². The summed E-state index contributed by atoms with van der Waals surface area (Å²) in [6, 6.07) is 9.22. The summed E-state index contributed by atoms with van der Waals surface area (Å²) >= 11 is 0. The van der Waals surface area contributed by atoms with Crippen molar-refractivity contribution in [2.24, 2.45) is 0 Å². The molecular formula is C21H25N3O5. The topological polar surface area (TPSA) is 117 Å². The van der Waals surface area contributed by atoms with Crippen LogP contribution >= 0.6 is 0 Å². The molecule has 8 nitrogen and oxygen atoms in total. The van der Waals surface area contributed by atoms with Gasteiger partial charge in [0.05, 0.1) is 24.2 Å². The fourth-order valence-electron chi connectivity index (χ4n) is 3.44. The zero-order chi connectivity index (χ0) is 21.0. The molecular weight excluding hydrogens is 374 g/mol. The lowest BCUT2D eigenvalue weighted by Crippen LogP contribution is -2.26. The van der Waals surface area contributed by atoms with Crippen LogP contribution in [0.4, 0.5) is 11.4 Å². The van der Waals surface area contributed by atoms with E-state index in [9.17, 15) is 14.9 Å². The molecule has 0 spiro atoms. The first-order valence-corrected chi connectivity index (χ1v) is 9.58. The van der Waals surface area contributed by atoms with E-state index >= 15 is 0 Å². The van der Waals surface area contributed by atoms with Gasteiger partial charge in [0.1, 0.15) is 5.69 Å². The average Bonchev–Trinajstić information content (AvgIpc) is 3.21. The van der Waals surface area contributed by atoms with Crippen molar-refractivity contribution in [3.8, 4) is 11.5 Å². The Bertz CT molecular complexity index is 909. The lowest BCUT2D eigenvalue weighted by atomic mass is 10.1. The molecule has 2 aromatic rings. The molecule has 29 heavy (non-hydrogen) atoms.